The lowest BCUT2D eigenvalue weighted by Gasteiger charge is -2.38. The van der Waals surface area contributed by atoms with Gasteiger partial charge in [-0.1, -0.05) is 24.3 Å². The number of benzene rings is 3. The maximum Gasteiger partial charge on any atom is 0.251 e. The van der Waals surface area contributed by atoms with E-state index < -0.39 is 15.6 Å². The second kappa shape index (κ2) is 10.1. The number of nitrogens with one attached hydrogen (secondary N) is 1. The summed E-state index contributed by atoms with van der Waals surface area (Å²) in [7, 11) is -1.91. The highest BCUT2D eigenvalue weighted by Gasteiger charge is 2.35. The smallest absolute Gasteiger partial charge is 0.251 e. The molecule has 1 N–H and O–H groups in total. The number of nitrogens with zero attached hydrogens (tertiary/aromatic N) is 1. The lowest BCUT2D eigenvalue weighted by molar-refractivity contribution is 0.0617. The molecule has 1 atom stereocenters. The van der Waals surface area contributed by atoms with E-state index in [-0.39, 0.29) is 18.5 Å². The Morgan fingerprint density at radius 2 is 1.78 bits per heavy atom. The normalized spacial score (nSPS) is 16.3. The van der Waals surface area contributed by atoms with Gasteiger partial charge < -0.3 is 14.8 Å². The maximum absolute atomic E-state index is 13.2. The van der Waals surface area contributed by atoms with Gasteiger partial charge in [-0.2, -0.15) is 0 Å². The van der Waals surface area contributed by atoms with Crippen molar-refractivity contribution in [3.8, 4) is 11.5 Å². The molecule has 1 aliphatic heterocycles. The zero-order chi connectivity index (χ0) is 27.0. The summed E-state index contributed by atoms with van der Waals surface area (Å²) in [6.07, 6.45) is 1.83. The van der Waals surface area contributed by atoms with E-state index in [2.05, 4.69) is 5.32 Å². The van der Waals surface area contributed by atoms with Crippen molar-refractivity contribution >= 4 is 21.6 Å². The van der Waals surface area contributed by atoms with Crippen molar-refractivity contribution in [3.05, 3.63) is 88.5 Å². The number of anilines is 1. The first-order valence-corrected chi connectivity index (χ1v) is 14.0. The minimum Gasteiger partial charge on any atom is -0.497 e. The van der Waals surface area contributed by atoms with Crippen molar-refractivity contribution in [1.29, 1.82) is 0 Å². The fraction of sp³-hybridized carbons (Fsp3) is 0.345. The minimum atomic E-state index is -3.51. The van der Waals surface area contributed by atoms with Crippen LogP contribution in [0.5, 0.6) is 11.5 Å². The van der Waals surface area contributed by atoms with Crippen molar-refractivity contribution in [2.24, 2.45) is 0 Å². The largest absolute Gasteiger partial charge is 0.497 e. The molecule has 0 fully saturated rings. The van der Waals surface area contributed by atoms with Crippen LogP contribution in [-0.2, 0) is 16.6 Å². The van der Waals surface area contributed by atoms with Crippen LogP contribution in [0.3, 0.4) is 0 Å². The molecular formula is C29H34N2O5S. The molecule has 0 unspecified atom stereocenters. The van der Waals surface area contributed by atoms with Gasteiger partial charge in [0, 0.05) is 23.6 Å². The number of rotatable bonds is 7. The van der Waals surface area contributed by atoms with Crippen LogP contribution >= 0.6 is 0 Å². The Hall–Kier alpha value is -3.52. The van der Waals surface area contributed by atoms with Crippen molar-refractivity contribution in [3.63, 3.8) is 0 Å². The van der Waals surface area contributed by atoms with E-state index in [1.165, 1.54) is 10.6 Å². The lowest BCUT2D eigenvalue weighted by atomic mass is 9.89. The number of hydrogen-bond acceptors (Lipinski definition) is 5. The Morgan fingerprint density at radius 3 is 2.43 bits per heavy atom. The molecule has 3 aromatic carbocycles. The summed E-state index contributed by atoms with van der Waals surface area (Å²) < 4.78 is 38.1. The van der Waals surface area contributed by atoms with E-state index in [9.17, 15) is 13.2 Å². The number of carbonyl (C=O) groups excluding carboxylic acids is 1. The number of fused-ring (bicyclic) bond motifs is 1. The summed E-state index contributed by atoms with van der Waals surface area (Å²) in [6, 6.07) is 18.2. The van der Waals surface area contributed by atoms with Gasteiger partial charge in [0.05, 0.1) is 31.6 Å². The van der Waals surface area contributed by atoms with Crippen LogP contribution in [0.4, 0.5) is 5.69 Å². The van der Waals surface area contributed by atoms with Crippen LogP contribution in [0.2, 0.25) is 0 Å². The number of amides is 1. The van der Waals surface area contributed by atoms with Gasteiger partial charge in [-0.3, -0.25) is 9.10 Å². The third kappa shape index (κ3) is 6.07. The lowest BCUT2D eigenvalue weighted by Crippen LogP contribution is -2.41. The third-order valence-electron chi connectivity index (χ3n) is 6.56. The molecule has 8 heteroatoms. The number of sulfonamides is 1. The first kappa shape index (κ1) is 26.5. The monoisotopic (exact) mass is 522 g/mol. The highest BCUT2D eigenvalue weighted by atomic mass is 32.2. The summed E-state index contributed by atoms with van der Waals surface area (Å²) in [5.74, 6) is 1.19. The van der Waals surface area contributed by atoms with Crippen molar-refractivity contribution in [2.75, 3.05) is 17.7 Å². The Morgan fingerprint density at radius 1 is 1.08 bits per heavy atom. The Kier molecular flexibility index (Phi) is 7.24. The van der Waals surface area contributed by atoms with Crippen LogP contribution < -0.4 is 19.1 Å². The standard InChI is InChI=1S/C29H34N2O5S/c1-19-7-8-20(2)26(15-19)31(37(6,33)34)18-21-9-11-22(12-10-21)28(32)30-25-17-29(3,4)36-27-16-23(35-5)13-14-24(25)27/h7-16,25H,17-18H2,1-6H3,(H,30,32)/t25-/m0/s1. The van der Waals surface area contributed by atoms with Crippen molar-refractivity contribution in [2.45, 2.75) is 52.3 Å². The molecule has 0 spiro atoms. The van der Waals surface area contributed by atoms with E-state index in [0.29, 0.717) is 29.2 Å². The first-order valence-electron chi connectivity index (χ1n) is 12.2. The predicted molar refractivity (Wildman–Crippen MR) is 146 cm³/mol. The molecule has 37 heavy (non-hydrogen) atoms. The summed E-state index contributed by atoms with van der Waals surface area (Å²) in [5.41, 5.74) is 4.25. The molecule has 1 aliphatic rings. The highest BCUT2D eigenvalue weighted by molar-refractivity contribution is 7.92. The Balaban J connectivity index is 1.53. The van der Waals surface area contributed by atoms with Gasteiger partial charge in [0.2, 0.25) is 10.0 Å². The fourth-order valence-corrected chi connectivity index (χ4v) is 5.56. The summed E-state index contributed by atoms with van der Waals surface area (Å²) in [6.45, 7) is 7.99. The van der Waals surface area contributed by atoms with Gasteiger partial charge in [0.1, 0.15) is 17.1 Å². The van der Waals surface area contributed by atoms with Gasteiger partial charge in [-0.05, 0) is 74.7 Å². The molecule has 4 rings (SSSR count). The van der Waals surface area contributed by atoms with Crippen LogP contribution in [0.1, 0.15) is 58.9 Å². The van der Waals surface area contributed by atoms with Crippen LogP contribution in [0, 0.1) is 13.8 Å². The van der Waals surface area contributed by atoms with Gasteiger partial charge >= 0.3 is 0 Å². The molecule has 0 radical (unpaired) electrons. The second-order valence-corrected chi connectivity index (χ2v) is 12.2. The van der Waals surface area contributed by atoms with E-state index >= 15 is 0 Å². The average Bonchev–Trinajstić information content (AvgIpc) is 2.82. The molecule has 196 valence electrons. The third-order valence-corrected chi connectivity index (χ3v) is 7.69. The van der Waals surface area contributed by atoms with E-state index in [1.54, 1.807) is 31.4 Å². The van der Waals surface area contributed by atoms with Gasteiger partial charge in [-0.15, -0.1) is 0 Å². The molecule has 0 aromatic heterocycles. The summed E-state index contributed by atoms with van der Waals surface area (Å²) >= 11 is 0. The highest BCUT2D eigenvalue weighted by Crippen LogP contribution is 2.41. The Bertz CT molecular complexity index is 1410. The van der Waals surface area contributed by atoms with Gasteiger partial charge in [0.15, 0.2) is 0 Å². The SMILES string of the molecule is COc1ccc2c(c1)OC(C)(C)C[C@@H]2NC(=O)c1ccc(CN(c2cc(C)ccc2C)S(C)(=O)=O)cc1. The minimum absolute atomic E-state index is 0.175. The van der Waals surface area contributed by atoms with Crippen molar-refractivity contribution in [1.82, 2.24) is 5.32 Å². The second-order valence-electron chi connectivity index (χ2n) is 10.3. The Labute approximate surface area is 219 Å². The number of hydrogen-bond donors (Lipinski definition) is 1. The molecule has 7 nitrogen and oxygen atoms in total. The zero-order valence-corrected chi connectivity index (χ0v) is 23.0. The van der Waals surface area contributed by atoms with Crippen LogP contribution in [-0.4, -0.2) is 33.3 Å². The average molecular weight is 523 g/mol. The maximum atomic E-state index is 13.2. The number of aryl methyl sites for hydroxylation is 2. The molecule has 1 amide bonds. The van der Waals surface area contributed by atoms with Crippen molar-refractivity contribution < 1.29 is 22.7 Å². The number of carbonyl (C=O) groups is 1. The molecule has 0 aliphatic carbocycles. The number of methoxy groups -OCH3 is 1. The molecule has 0 saturated heterocycles. The first-order chi connectivity index (χ1) is 17.4. The quantitative estimate of drug-likeness (QED) is 0.455. The molecular weight excluding hydrogens is 488 g/mol. The fourth-order valence-electron chi connectivity index (χ4n) is 4.63. The predicted octanol–water partition coefficient (Wildman–Crippen LogP) is 5.31. The van der Waals surface area contributed by atoms with Crippen LogP contribution in [0.25, 0.3) is 0 Å². The molecule has 1 heterocycles. The summed E-state index contributed by atoms with van der Waals surface area (Å²) in [5, 5.41) is 3.14. The molecule has 0 bridgehead atoms. The van der Waals surface area contributed by atoms with E-state index in [0.717, 1.165) is 22.3 Å². The van der Waals surface area contributed by atoms with E-state index in [4.69, 9.17) is 9.47 Å². The molecule has 3 aromatic rings. The topological polar surface area (TPSA) is 84.9 Å². The van der Waals surface area contributed by atoms with Gasteiger partial charge in [-0.25, -0.2) is 8.42 Å². The van der Waals surface area contributed by atoms with Gasteiger partial charge in [0.25, 0.3) is 5.91 Å². The zero-order valence-electron chi connectivity index (χ0n) is 22.2. The van der Waals surface area contributed by atoms with E-state index in [1.807, 2.05) is 64.1 Å². The van der Waals surface area contributed by atoms with Crippen LogP contribution in [0.15, 0.2) is 60.7 Å². The number of ether oxygens (including phenoxy) is 2. The molecule has 0 saturated carbocycles. The summed E-state index contributed by atoms with van der Waals surface area (Å²) in [4.78, 5) is 13.2.